The van der Waals surface area contributed by atoms with E-state index in [4.69, 9.17) is 11.6 Å². The Morgan fingerprint density at radius 2 is 1.81 bits per heavy atom. The van der Waals surface area contributed by atoms with Gasteiger partial charge >= 0.3 is 0 Å². The minimum absolute atomic E-state index is 0.132. The van der Waals surface area contributed by atoms with E-state index >= 15 is 0 Å². The quantitative estimate of drug-likeness (QED) is 0.347. The lowest BCUT2D eigenvalue weighted by Crippen LogP contribution is -2.50. The van der Waals surface area contributed by atoms with Crippen LogP contribution in [0.15, 0.2) is 79.0 Å². The minimum Gasteiger partial charge on any atom is -0.380 e. The Labute approximate surface area is 219 Å². The largest absolute Gasteiger partial charge is 0.380 e. The molecule has 1 fully saturated rings. The summed E-state index contributed by atoms with van der Waals surface area (Å²) in [6.45, 7) is 0.562. The number of likely N-dealkylation sites (tertiary alicyclic amines) is 1. The number of halogens is 1. The summed E-state index contributed by atoms with van der Waals surface area (Å²) in [4.78, 5) is 27.0. The number of aliphatic hydroxyl groups is 2. The zero-order chi connectivity index (χ0) is 25.9. The lowest BCUT2D eigenvalue weighted by molar-refractivity contribution is -0.153. The fourth-order valence-corrected chi connectivity index (χ4v) is 4.89. The number of aliphatic hydroxyl groups excluding tert-OH is 2. The van der Waals surface area contributed by atoms with Gasteiger partial charge in [-0.15, -0.1) is 0 Å². The van der Waals surface area contributed by atoms with Crippen molar-refractivity contribution in [1.29, 1.82) is 0 Å². The summed E-state index contributed by atoms with van der Waals surface area (Å²) in [7, 11) is 0. The molecule has 3 aromatic carbocycles. The highest BCUT2D eigenvalue weighted by atomic mass is 35.5. The second kappa shape index (κ2) is 10.7. The van der Waals surface area contributed by atoms with Crippen molar-refractivity contribution in [1.82, 2.24) is 20.0 Å². The van der Waals surface area contributed by atoms with Crippen LogP contribution in [0.25, 0.3) is 16.6 Å². The van der Waals surface area contributed by atoms with Crippen LogP contribution in [0, 0.1) is 0 Å². The number of benzene rings is 3. The second-order valence-corrected chi connectivity index (χ2v) is 9.59. The maximum absolute atomic E-state index is 13.0. The minimum atomic E-state index is -1.89. The van der Waals surface area contributed by atoms with Crippen LogP contribution in [0.3, 0.4) is 0 Å². The molecule has 0 bridgehead atoms. The monoisotopic (exact) mass is 518 g/mol. The van der Waals surface area contributed by atoms with Gasteiger partial charge in [0.05, 0.1) is 17.2 Å². The van der Waals surface area contributed by atoms with Gasteiger partial charge in [0, 0.05) is 29.7 Å². The molecule has 0 spiro atoms. The van der Waals surface area contributed by atoms with E-state index in [1.54, 1.807) is 22.9 Å². The van der Waals surface area contributed by atoms with Crippen molar-refractivity contribution in [2.24, 2.45) is 0 Å². The SMILES string of the molecule is O=C(NCc1ccc(-n2cc3ccccc3n2)cc1)[C@H](O)[C@@H](O)C(=O)N1CCCC1c1cccc(Cl)c1. The van der Waals surface area contributed by atoms with Crippen molar-refractivity contribution in [2.45, 2.75) is 37.6 Å². The number of hydrogen-bond donors (Lipinski definition) is 3. The Morgan fingerprint density at radius 3 is 2.57 bits per heavy atom. The first kappa shape index (κ1) is 25.0. The summed E-state index contributed by atoms with van der Waals surface area (Å²) in [5.74, 6) is -1.50. The Kier molecular flexibility index (Phi) is 7.23. The van der Waals surface area contributed by atoms with Gasteiger partial charge in [-0.1, -0.05) is 54.1 Å². The van der Waals surface area contributed by atoms with Crippen LogP contribution in [0.5, 0.6) is 0 Å². The number of carbonyl (C=O) groups excluding carboxylic acids is 2. The highest BCUT2D eigenvalue weighted by Gasteiger charge is 2.38. The van der Waals surface area contributed by atoms with E-state index in [0.29, 0.717) is 18.0 Å². The van der Waals surface area contributed by atoms with Crippen molar-refractivity contribution in [2.75, 3.05) is 6.54 Å². The number of nitrogens with one attached hydrogen (secondary N) is 1. The molecular formula is C28H27ClN4O4. The molecule has 5 rings (SSSR count). The topological polar surface area (TPSA) is 108 Å². The maximum Gasteiger partial charge on any atom is 0.255 e. The molecule has 2 heterocycles. The number of carbonyl (C=O) groups is 2. The summed E-state index contributed by atoms with van der Waals surface area (Å²) < 4.78 is 1.79. The lowest BCUT2D eigenvalue weighted by Gasteiger charge is -2.28. The number of fused-ring (bicyclic) bond motifs is 1. The van der Waals surface area contributed by atoms with E-state index in [2.05, 4.69) is 10.4 Å². The Bertz CT molecular complexity index is 1390. The van der Waals surface area contributed by atoms with Crippen molar-refractivity contribution in [3.8, 4) is 5.69 Å². The van der Waals surface area contributed by atoms with Crippen LogP contribution >= 0.6 is 11.6 Å². The summed E-state index contributed by atoms with van der Waals surface area (Å²) in [6.07, 6.45) is -0.341. The average Bonchev–Trinajstić information content (AvgIpc) is 3.58. The fourth-order valence-electron chi connectivity index (χ4n) is 4.70. The number of nitrogens with zero attached hydrogens (tertiary/aromatic N) is 3. The molecular weight excluding hydrogens is 492 g/mol. The molecule has 1 unspecified atom stereocenters. The molecule has 1 aliphatic rings. The maximum atomic E-state index is 13.0. The van der Waals surface area contributed by atoms with Gasteiger partial charge < -0.3 is 20.4 Å². The van der Waals surface area contributed by atoms with E-state index in [1.807, 2.05) is 60.8 Å². The summed E-state index contributed by atoms with van der Waals surface area (Å²) in [5, 5.41) is 29.7. The van der Waals surface area contributed by atoms with Crippen molar-refractivity contribution < 1.29 is 19.8 Å². The van der Waals surface area contributed by atoms with Crippen LogP contribution in [-0.4, -0.2) is 55.5 Å². The van der Waals surface area contributed by atoms with Crippen molar-refractivity contribution in [3.05, 3.63) is 95.1 Å². The first-order valence-electron chi connectivity index (χ1n) is 12.1. The number of rotatable bonds is 7. The normalized spacial score (nSPS) is 17.1. The highest BCUT2D eigenvalue weighted by molar-refractivity contribution is 6.30. The molecule has 190 valence electrons. The van der Waals surface area contributed by atoms with Gasteiger partial charge in [-0.25, -0.2) is 4.68 Å². The van der Waals surface area contributed by atoms with Gasteiger partial charge in [-0.05, 0) is 54.3 Å². The fraction of sp³-hybridized carbons (Fsp3) is 0.250. The van der Waals surface area contributed by atoms with Crippen LogP contribution < -0.4 is 5.32 Å². The van der Waals surface area contributed by atoms with E-state index in [-0.39, 0.29) is 12.6 Å². The van der Waals surface area contributed by atoms with Gasteiger partial charge in [0.25, 0.3) is 11.8 Å². The van der Waals surface area contributed by atoms with E-state index in [1.165, 1.54) is 4.90 Å². The number of hydrogen-bond acceptors (Lipinski definition) is 5. The molecule has 0 saturated carbocycles. The van der Waals surface area contributed by atoms with Gasteiger partial charge in [0.2, 0.25) is 0 Å². The molecule has 2 amide bonds. The molecule has 1 aromatic heterocycles. The molecule has 0 radical (unpaired) electrons. The van der Waals surface area contributed by atoms with Gasteiger partial charge in [0.15, 0.2) is 12.2 Å². The van der Waals surface area contributed by atoms with Crippen LogP contribution in [0.4, 0.5) is 0 Å². The molecule has 37 heavy (non-hydrogen) atoms. The smallest absolute Gasteiger partial charge is 0.255 e. The van der Waals surface area contributed by atoms with Gasteiger partial charge in [-0.3, -0.25) is 9.59 Å². The first-order chi connectivity index (χ1) is 17.9. The van der Waals surface area contributed by atoms with E-state index < -0.39 is 24.0 Å². The Morgan fingerprint density at radius 1 is 1.03 bits per heavy atom. The first-order valence-corrected chi connectivity index (χ1v) is 12.5. The van der Waals surface area contributed by atoms with E-state index in [9.17, 15) is 19.8 Å². The van der Waals surface area contributed by atoms with Crippen LogP contribution in [-0.2, 0) is 16.1 Å². The molecule has 3 N–H and O–H groups in total. The second-order valence-electron chi connectivity index (χ2n) is 9.15. The third-order valence-electron chi connectivity index (χ3n) is 6.67. The molecule has 3 atom stereocenters. The van der Waals surface area contributed by atoms with Crippen LogP contribution in [0.2, 0.25) is 5.02 Å². The predicted octanol–water partition coefficient (Wildman–Crippen LogP) is 3.38. The summed E-state index contributed by atoms with van der Waals surface area (Å²) >= 11 is 6.10. The third kappa shape index (κ3) is 5.36. The van der Waals surface area contributed by atoms with Crippen molar-refractivity contribution >= 4 is 34.3 Å². The number of aromatic nitrogens is 2. The lowest BCUT2D eigenvalue weighted by atomic mass is 10.0. The standard InChI is InChI=1S/C28H27ClN4O4/c29-21-7-3-6-19(15-21)24-9-4-14-32(24)28(37)26(35)25(34)27(36)30-16-18-10-12-22(13-11-18)33-17-20-5-1-2-8-23(20)31-33/h1-3,5-8,10-13,15,17,24-26,34-35H,4,9,14,16H2,(H,30,36)/t24?,25-,26-/m1/s1. The van der Waals surface area contributed by atoms with E-state index in [0.717, 1.165) is 34.1 Å². The molecule has 4 aromatic rings. The molecule has 1 saturated heterocycles. The summed E-state index contributed by atoms with van der Waals surface area (Å²) in [6, 6.07) is 22.2. The van der Waals surface area contributed by atoms with Crippen LogP contribution in [0.1, 0.15) is 30.0 Å². The summed E-state index contributed by atoms with van der Waals surface area (Å²) in [5.41, 5.74) is 3.42. The Hall–Kier alpha value is -3.72. The molecule has 0 aliphatic carbocycles. The average molecular weight is 519 g/mol. The van der Waals surface area contributed by atoms with Crippen molar-refractivity contribution in [3.63, 3.8) is 0 Å². The Balaban J connectivity index is 1.18. The zero-order valence-corrected chi connectivity index (χ0v) is 20.8. The highest BCUT2D eigenvalue weighted by Crippen LogP contribution is 2.33. The molecule has 8 nitrogen and oxygen atoms in total. The van der Waals surface area contributed by atoms with Gasteiger partial charge in [0.1, 0.15) is 0 Å². The zero-order valence-electron chi connectivity index (χ0n) is 20.0. The number of amides is 2. The predicted molar refractivity (Wildman–Crippen MR) is 140 cm³/mol. The third-order valence-corrected chi connectivity index (χ3v) is 6.91. The van der Waals surface area contributed by atoms with Gasteiger partial charge in [-0.2, -0.15) is 5.10 Å². The molecule has 9 heteroatoms. The molecule has 1 aliphatic heterocycles.